The first-order valence-electron chi connectivity index (χ1n) is 5.98. The number of halogens is 1. The van der Waals surface area contributed by atoms with Crippen LogP contribution < -0.4 is 0 Å². The van der Waals surface area contributed by atoms with Gasteiger partial charge in [0.1, 0.15) is 5.15 Å². The fourth-order valence-electron chi connectivity index (χ4n) is 1.86. The lowest BCUT2D eigenvalue weighted by Gasteiger charge is -2.24. The van der Waals surface area contributed by atoms with Crippen molar-refractivity contribution in [2.24, 2.45) is 0 Å². The van der Waals surface area contributed by atoms with Gasteiger partial charge in [0.25, 0.3) is 0 Å². The van der Waals surface area contributed by atoms with Crippen LogP contribution in [0.25, 0.3) is 0 Å². The predicted octanol–water partition coefficient (Wildman–Crippen LogP) is 3.86. The first-order valence-corrected chi connectivity index (χ1v) is 7.24. The van der Waals surface area contributed by atoms with E-state index < -0.39 is 0 Å². The van der Waals surface area contributed by atoms with Crippen molar-refractivity contribution in [1.82, 2.24) is 9.88 Å². The molecule has 0 aliphatic rings. The zero-order chi connectivity index (χ0) is 13.0. The van der Waals surface area contributed by atoms with Crippen LogP contribution in [0.4, 0.5) is 0 Å². The second-order valence-electron chi connectivity index (χ2n) is 4.53. The van der Waals surface area contributed by atoms with Gasteiger partial charge in [-0.2, -0.15) is 0 Å². The minimum Gasteiger partial charge on any atom is -0.299 e. The van der Waals surface area contributed by atoms with Gasteiger partial charge >= 0.3 is 0 Å². The van der Waals surface area contributed by atoms with E-state index >= 15 is 0 Å². The Morgan fingerprint density at radius 2 is 2.28 bits per heavy atom. The first-order chi connectivity index (χ1) is 8.65. The molecule has 0 aromatic carbocycles. The summed E-state index contributed by atoms with van der Waals surface area (Å²) in [6, 6.07) is 8.75. The van der Waals surface area contributed by atoms with Crippen molar-refractivity contribution < 1.29 is 0 Å². The SMILES string of the molecule is CC(Cc1cccs1)N(C)Cc1ccnc(Cl)c1. The Morgan fingerprint density at radius 3 is 2.94 bits per heavy atom. The summed E-state index contributed by atoms with van der Waals surface area (Å²) in [6.07, 6.45) is 2.85. The highest BCUT2D eigenvalue weighted by Crippen LogP contribution is 2.16. The summed E-state index contributed by atoms with van der Waals surface area (Å²) in [7, 11) is 2.15. The Bertz CT molecular complexity index is 484. The highest BCUT2D eigenvalue weighted by molar-refractivity contribution is 7.09. The molecule has 0 radical (unpaired) electrons. The molecule has 0 bridgehead atoms. The summed E-state index contributed by atoms with van der Waals surface area (Å²) in [4.78, 5) is 7.77. The maximum atomic E-state index is 5.90. The quantitative estimate of drug-likeness (QED) is 0.773. The van der Waals surface area contributed by atoms with E-state index in [2.05, 4.69) is 41.4 Å². The van der Waals surface area contributed by atoms with Gasteiger partial charge in [-0.1, -0.05) is 17.7 Å². The summed E-state index contributed by atoms with van der Waals surface area (Å²) in [5, 5.41) is 2.69. The first kappa shape index (κ1) is 13.5. The van der Waals surface area contributed by atoms with Crippen molar-refractivity contribution in [3.05, 3.63) is 51.4 Å². The van der Waals surface area contributed by atoms with Gasteiger partial charge in [0.05, 0.1) is 0 Å². The number of likely N-dealkylation sites (N-methyl/N-ethyl adjacent to an activating group) is 1. The molecule has 1 unspecified atom stereocenters. The normalized spacial score (nSPS) is 12.9. The molecule has 4 heteroatoms. The molecule has 0 spiro atoms. The van der Waals surface area contributed by atoms with Crippen molar-refractivity contribution >= 4 is 22.9 Å². The number of hydrogen-bond acceptors (Lipinski definition) is 3. The zero-order valence-corrected chi connectivity index (χ0v) is 12.2. The van der Waals surface area contributed by atoms with Crippen molar-refractivity contribution in [1.29, 1.82) is 0 Å². The van der Waals surface area contributed by atoms with Gasteiger partial charge in [0.2, 0.25) is 0 Å². The average molecular weight is 281 g/mol. The molecular formula is C14H17ClN2S. The van der Waals surface area contributed by atoms with Gasteiger partial charge in [-0.3, -0.25) is 4.90 Å². The van der Waals surface area contributed by atoms with Crippen LogP contribution in [-0.4, -0.2) is 23.0 Å². The zero-order valence-electron chi connectivity index (χ0n) is 10.6. The van der Waals surface area contributed by atoms with Crippen molar-refractivity contribution in [2.75, 3.05) is 7.05 Å². The molecule has 0 fully saturated rings. The Kier molecular flexibility index (Phi) is 4.75. The van der Waals surface area contributed by atoms with Crippen LogP contribution in [-0.2, 0) is 13.0 Å². The molecule has 0 N–H and O–H groups in total. The summed E-state index contributed by atoms with van der Waals surface area (Å²) in [6.45, 7) is 3.15. The van der Waals surface area contributed by atoms with Crippen LogP contribution in [0.15, 0.2) is 35.8 Å². The number of pyridine rings is 1. The largest absolute Gasteiger partial charge is 0.299 e. The molecular weight excluding hydrogens is 264 g/mol. The molecule has 0 aliphatic carbocycles. The van der Waals surface area contributed by atoms with Gasteiger partial charge in [-0.25, -0.2) is 4.98 Å². The van der Waals surface area contributed by atoms with Gasteiger partial charge in [0, 0.05) is 23.7 Å². The second-order valence-corrected chi connectivity index (χ2v) is 5.95. The third kappa shape index (κ3) is 3.80. The van der Waals surface area contributed by atoms with Crippen LogP contribution in [0.2, 0.25) is 5.15 Å². The number of nitrogens with zero attached hydrogens (tertiary/aromatic N) is 2. The molecule has 0 saturated heterocycles. The van der Waals surface area contributed by atoms with Crippen molar-refractivity contribution in [3.63, 3.8) is 0 Å². The molecule has 18 heavy (non-hydrogen) atoms. The van der Waals surface area contributed by atoms with Crippen LogP contribution in [0, 0.1) is 0 Å². The smallest absolute Gasteiger partial charge is 0.129 e. The predicted molar refractivity (Wildman–Crippen MR) is 78.2 cm³/mol. The summed E-state index contributed by atoms with van der Waals surface area (Å²) in [5.74, 6) is 0. The van der Waals surface area contributed by atoms with E-state index in [0.29, 0.717) is 11.2 Å². The summed E-state index contributed by atoms with van der Waals surface area (Å²) >= 11 is 7.71. The standard InChI is InChI=1S/C14H17ClN2S/c1-11(8-13-4-3-7-18-13)17(2)10-12-5-6-16-14(15)9-12/h3-7,9,11H,8,10H2,1-2H3. The number of hydrogen-bond donors (Lipinski definition) is 0. The Balaban J connectivity index is 1.93. The third-order valence-electron chi connectivity index (χ3n) is 3.05. The average Bonchev–Trinajstić information content (AvgIpc) is 2.81. The second kappa shape index (κ2) is 6.32. The fraction of sp³-hybridized carbons (Fsp3) is 0.357. The van der Waals surface area contributed by atoms with Crippen LogP contribution in [0.5, 0.6) is 0 Å². The maximum Gasteiger partial charge on any atom is 0.129 e. The van der Waals surface area contributed by atoms with Gasteiger partial charge in [-0.05, 0) is 49.5 Å². The lowest BCUT2D eigenvalue weighted by atomic mass is 10.1. The highest BCUT2D eigenvalue weighted by atomic mass is 35.5. The lowest BCUT2D eigenvalue weighted by Crippen LogP contribution is -2.30. The van der Waals surface area contributed by atoms with E-state index in [1.165, 1.54) is 10.4 Å². The van der Waals surface area contributed by atoms with E-state index in [1.807, 2.05) is 23.5 Å². The molecule has 96 valence electrons. The van der Waals surface area contributed by atoms with Crippen LogP contribution in [0.3, 0.4) is 0 Å². The summed E-state index contributed by atoms with van der Waals surface area (Å²) in [5.41, 5.74) is 1.20. The van der Waals surface area contributed by atoms with E-state index in [0.717, 1.165) is 13.0 Å². The molecule has 2 rings (SSSR count). The minimum absolute atomic E-state index is 0.510. The molecule has 2 aromatic rings. The monoisotopic (exact) mass is 280 g/mol. The minimum atomic E-state index is 0.510. The van der Waals surface area contributed by atoms with Crippen molar-refractivity contribution in [2.45, 2.75) is 25.9 Å². The molecule has 1 atom stereocenters. The van der Waals surface area contributed by atoms with Crippen molar-refractivity contribution in [3.8, 4) is 0 Å². The molecule has 0 aliphatic heterocycles. The van der Waals surface area contributed by atoms with E-state index in [9.17, 15) is 0 Å². The Labute approximate surface area is 117 Å². The number of rotatable bonds is 5. The van der Waals surface area contributed by atoms with Crippen LogP contribution in [0.1, 0.15) is 17.4 Å². The fourth-order valence-corrected chi connectivity index (χ4v) is 2.88. The van der Waals surface area contributed by atoms with E-state index in [4.69, 9.17) is 11.6 Å². The Morgan fingerprint density at radius 1 is 1.44 bits per heavy atom. The van der Waals surface area contributed by atoms with E-state index in [1.54, 1.807) is 6.20 Å². The van der Waals surface area contributed by atoms with Gasteiger partial charge < -0.3 is 0 Å². The molecule has 2 nitrogen and oxygen atoms in total. The summed E-state index contributed by atoms with van der Waals surface area (Å²) < 4.78 is 0. The third-order valence-corrected chi connectivity index (χ3v) is 4.16. The molecule has 0 amide bonds. The van der Waals surface area contributed by atoms with Crippen LogP contribution >= 0.6 is 22.9 Å². The molecule has 2 heterocycles. The lowest BCUT2D eigenvalue weighted by molar-refractivity contribution is 0.249. The topological polar surface area (TPSA) is 16.1 Å². The Hall–Kier alpha value is -0.900. The van der Waals surface area contributed by atoms with Gasteiger partial charge in [-0.15, -0.1) is 11.3 Å². The molecule has 0 saturated carbocycles. The number of thiophene rings is 1. The molecule has 2 aromatic heterocycles. The van der Waals surface area contributed by atoms with Gasteiger partial charge in [0.15, 0.2) is 0 Å². The maximum absolute atomic E-state index is 5.90. The highest BCUT2D eigenvalue weighted by Gasteiger charge is 2.11. The van der Waals surface area contributed by atoms with E-state index in [-0.39, 0.29) is 0 Å². The number of aromatic nitrogens is 1.